The first-order valence-corrected chi connectivity index (χ1v) is 13.9. The van der Waals surface area contributed by atoms with E-state index in [4.69, 9.17) is 0 Å². The van der Waals surface area contributed by atoms with Crippen molar-refractivity contribution in [2.45, 2.75) is 0 Å². The van der Waals surface area contributed by atoms with Crippen LogP contribution in [0.2, 0.25) is 0 Å². The fourth-order valence-electron chi connectivity index (χ4n) is 6.37. The van der Waals surface area contributed by atoms with Crippen LogP contribution in [-0.2, 0) is 0 Å². The van der Waals surface area contributed by atoms with Gasteiger partial charge in [0.15, 0.2) is 0 Å². The Labute approximate surface area is 214 Å². The highest BCUT2D eigenvalue weighted by molar-refractivity contribution is 7.27. The van der Waals surface area contributed by atoms with Crippen LogP contribution in [0.4, 0.5) is 0 Å². The predicted molar refractivity (Wildman–Crippen MR) is 162 cm³/mol. The normalized spacial score (nSPS) is 12.4. The smallest absolute Gasteiger partial charge is 0.0440 e. The number of thiophene rings is 2. The summed E-state index contributed by atoms with van der Waals surface area (Å²) in [6.07, 6.45) is 0. The third kappa shape index (κ3) is 2.29. The summed E-state index contributed by atoms with van der Waals surface area (Å²) in [5.41, 5.74) is 0. The molecule has 0 aliphatic heterocycles. The number of hydrogen-bond acceptors (Lipinski definition) is 2. The van der Waals surface area contributed by atoms with Crippen LogP contribution in [0.15, 0.2) is 109 Å². The van der Waals surface area contributed by atoms with Crippen molar-refractivity contribution in [1.82, 2.24) is 0 Å². The molecule has 166 valence electrons. The zero-order valence-electron chi connectivity index (χ0n) is 19.2. The first kappa shape index (κ1) is 19.2. The van der Waals surface area contributed by atoms with Crippen molar-refractivity contribution in [3.8, 4) is 0 Å². The van der Waals surface area contributed by atoms with Gasteiger partial charge in [-0.1, -0.05) is 97.1 Å². The summed E-state index contributed by atoms with van der Waals surface area (Å²) in [7, 11) is 0. The first-order chi connectivity index (χ1) is 17.9. The van der Waals surface area contributed by atoms with Crippen LogP contribution in [0.1, 0.15) is 0 Å². The maximum Gasteiger partial charge on any atom is 0.0440 e. The van der Waals surface area contributed by atoms with Gasteiger partial charge in [0.1, 0.15) is 0 Å². The van der Waals surface area contributed by atoms with Crippen LogP contribution in [-0.4, -0.2) is 0 Å². The van der Waals surface area contributed by atoms with E-state index in [1.807, 2.05) is 22.7 Å². The first-order valence-electron chi connectivity index (χ1n) is 12.3. The molecule has 0 aliphatic rings. The second-order valence-corrected chi connectivity index (χ2v) is 11.7. The molecule has 0 fully saturated rings. The van der Waals surface area contributed by atoms with E-state index >= 15 is 0 Å². The van der Waals surface area contributed by atoms with Gasteiger partial charge in [-0.3, -0.25) is 0 Å². The third-order valence-corrected chi connectivity index (χ3v) is 10.2. The summed E-state index contributed by atoms with van der Waals surface area (Å²) in [6.45, 7) is 0. The molecule has 0 bridgehead atoms. The summed E-state index contributed by atoms with van der Waals surface area (Å²) in [5.74, 6) is 0. The monoisotopic (exact) mass is 490 g/mol. The van der Waals surface area contributed by atoms with Gasteiger partial charge in [-0.15, -0.1) is 22.7 Å². The molecule has 2 heteroatoms. The third-order valence-electron chi connectivity index (χ3n) is 7.82. The van der Waals surface area contributed by atoms with Gasteiger partial charge in [-0.05, 0) is 33.7 Å². The molecule has 0 unspecified atom stereocenters. The highest BCUT2D eigenvalue weighted by atomic mass is 32.1. The molecule has 0 amide bonds. The molecule has 2 aromatic heterocycles. The van der Waals surface area contributed by atoms with Crippen LogP contribution in [0.5, 0.6) is 0 Å². The molecule has 0 nitrogen and oxygen atoms in total. The Hall–Kier alpha value is -3.98. The quantitative estimate of drug-likeness (QED) is 0.185. The van der Waals surface area contributed by atoms with E-state index in [0.29, 0.717) is 0 Å². The van der Waals surface area contributed by atoms with E-state index in [9.17, 15) is 0 Å². The summed E-state index contributed by atoms with van der Waals surface area (Å²) in [5, 5.41) is 16.4. The van der Waals surface area contributed by atoms with Crippen LogP contribution in [0.3, 0.4) is 0 Å². The van der Waals surface area contributed by atoms with Gasteiger partial charge in [0.2, 0.25) is 0 Å². The van der Waals surface area contributed by atoms with E-state index in [-0.39, 0.29) is 0 Å². The van der Waals surface area contributed by atoms with Crippen molar-refractivity contribution in [2.24, 2.45) is 0 Å². The van der Waals surface area contributed by atoms with Crippen molar-refractivity contribution in [1.29, 1.82) is 0 Å². The zero-order valence-corrected chi connectivity index (χ0v) is 20.8. The molecular formula is C34H18S2. The van der Waals surface area contributed by atoms with Crippen LogP contribution in [0.25, 0.3) is 83.4 Å². The molecule has 0 saturated carbocycles. The molecule has 0 aliphatic carbocycles. The van der Waals surface area contributed by atoms with E-state index in [2.05, 4.69) is 109 Å². The van der Waals surface area contributed by atoms with Gasteiger partial charge in [0, 0.05) is 61.9 Å². The van der Waals surface area contributed by atoms with E-state index in [0.717, 1.165) is 0 Å². The van der Waals surface area contributed by atoms with Gasteiger partial charge in [0.05, 0.1) is 0 Å². The lowest BCUT2D eigenvalue weighted by atomic mass is 9.89. The molecule has 0 saturated heterocycles. The SMILES string of the molecule is c1ccc2c(c1)sc1c3ccccc3c3ccc4c5ccccc5c5sc6ccccc6c5c4c3c21. The standard InChI is InChI=1S/C34H18S2/c1-3-11-23-19(9-1)21-17-18-22-20-10-2-4-12-24(20)34-32(26-14-6-8-16-28(26)36-34)30(22)29(21)31-25-13-5-7-15-27(25)35-33(23)31/h1-18H. The molecule has 7 aromatic carbocycles. The van der Waals surface area contributed by atoms with Gasteiger partial charge < -0.3 is 0 Å². The minimum atomic E-state index is 1.34. The average Bonchev–Trinajstić information content (AvgIpc) is 3.52. The van der Waals surface area contributed by atoms with E-state index in [1.54, 1.807) is 0 Å². The maximum atomic E-state index is 2.37. The molecule has 9 rings (SSSR count). The van der Waals surface area contributed by atoms with Gasteiger partial charge in [-0.25, -0.2) is 0 Å². The van der Waals surface area contributed by atoms with Crippen LogP contribution < -0.4 is 0 Å². The molecule has 9 aromatic rings. The average molecular weight is 491 g/mol. The molecular weight excluding hydrogens is 473 g/mol. The summed E-state index contributed by atoms with van der Waals surface area (Å²) in [6, 6.07) is 40.5. The molecule has 0 N–H and O–H groups in total. The van der Waals surface area contributed by atoms with E-state index < -0.39 is 0 Å². The van der Waals surface area contributed by atoms with Gasteiger partial charge in [0.25, 0.3) is 0 Å². The fourth-order valence-corrected chi connectivity index (χ4v) is 8.87. The largest absolute Gasteiger partial charge is 0.135 e. The molecule has 0 radical (unpaired) electrons. The molecule has 0 atom stereocenters. The summed E-state index contributed by atoms with van der Waals surface area (Å²) < 4.78 is 5.50. The van der Waals surface area contributed by atoms with Crippen molar-refractivity contribution in [3.63, 3.8) is 0 Å². The zero-order chi connectivity index (χ0) is 23.4. The van der Waals surface area contributed by atoms with Crippen molar-refractivity contribution < 1.29 is 0 Å². The Kier molecular flexibility index (Phi) is 3.64. The Bertz CT molecular complexity index is 2200. The topological polar surface area (TPSA) is 0 Å². The Morgan fingerprint density at radius 3 is 1.08 bits per heavy atom. The van der Waals surface area contributed by atoms with Gasteiger partial charge in [-0.2, -0.15) is 0 Å². The van der Waals surface area contributed by atoms with Crippen molar-refractivity contribution in [2.75, 3.05) is 0 Å². The van der Waals surface area contributed by atoms with Gasteiger partial charge >= 0.3 is 0 Å². The lowest BCUT2D eigenvalue weighted by Gasteiger charge is -2.14. The minimum absolute atomic E-state index is 1.34. The predicted octanol–water partition coefficient (Wildman–Crippen LogP) is 11.0. The summed E-state index contributed by atoms with van der Waals surface area (Å²) in [4.78, 5) is 0. The lowest BCUT2D eigenvalue weighted by Crippen LogP contribution is -1.86. The number of rotatable bonds is 0. The Morgan fingerprint density at radius 1 is 0.278 bits per heavy atom. The second-order valence-electron chi connectivity index (χ2n) is 9.61. The Morgan fingerprint density at radius 2 is 0.639 bits per heavy atom. The lowest BCUT2D eigenvalue weighted by molar-refractivity contribution is 1.83. The minimum Gasteiger partial charge on any atom is -0.135 e. The number of hydrogen-bond donors (Lipinski definition) is 0. The van der Waals surface area contributed by atoms with Crippen LogP contribution >= 0.6 is 22.7 Å². The highest BCUT2D eigenvalue weighted by Crippen LogP contribution is 2.51. The highest BCUT2D eigenvalue weighted by Gasteiger charge is 2.20. The van der Waals surface area contributed by atoms with Crippen LogP contribution in [0, 0.1) is 0 Å². The molecule has 36 heavy (non-hydrogen) atoms. The second kappa shape index (κ2) is 6.82. The summed E-state index contributed by atoms with van der Waals surface area (Å²) >= 11 is 3.86. The molecule has 2 heterocycles. The molecule has 0 spiro atoms. The Balaban J connectivity index is 1.75. The number of benzene rings is 7. The van der Waals surface area contributed by atoms with Crippen molar-refractivity contribution >= 4 is 106 Å². The maximum absolute atomic E-state index is 2.37. The fraction of sp³-hybridized carbons (Fsp3) is 0. The van der Waals surface area contributed by atoms with Crippen molar-refractivity contribution in [3.05, 3.63) is 109 Å². The number of fused-ring (bicyclic) bond motifs is 17. The van der Waals surface area contributed by atoms with E-state index in [1.165, 1.54) is 83.4 Å².